The van der Waals surface area contributed by atoms with Gasteiger partial charge in [0.15, 0.2) is 31.5 Å². The predicted molar refractivity (Wildman–Crippen MR) is 321 cm³/mol. The van der Waals surface area contributed by atoms with Crippen LogP contribution in [-0.4, -0.2) is 315 Å². The van der Waals surface area contributed by atoms with Gasteiger partial charge in [0, 0.05) is 5.41 Å². The Kier molecular flexibility index (Phi) is 22.1. The zero-order valence-corrected chi connectivity index (χ0v) is 55.6. The zero-order valence-electron chi connectivity index (χ0n) is 55.6. The Labute approximate surface area is 556 Å². The van der Waals surface area contributed by atoms with Crippen molar-refractivity contribution in [1.82, 2.24) is 0 Å². The molecule has 6 heterocycles. The van der Waals surface area contributed by atoms with Crippen LogP contribution in [0.2, 0.25) is 0 Å². The molecule has 6 saturated heterocycles. The van der Waals surface area contributed by atoms with Gasteiger partial charge in [0.05, 0.1) is 56.8 Å². The second-order valence-electron chi connectivity index (χ2n) is 31.3. The standard InChI is InChI=1S/C65H106O31/c1-25-36(70)41(75)45(79)54(87-25)93-50-31(21-67)90-53(48(82)44(50)78)86-23-32-40(74)43(77)47(81)56(91-32)96-59(84)65-17-15-60(3,4)19-28(65)27-9-10-34-61(5)13-12-35(62(6,24-68)33(61)11-14-64(34,8)63(27,7)16-18-65)92-58-52(38(72)29(69)22-85-58)95-57-49(83)51(37(71)26(2)88-57)94-55-46(80)42(76)39(73)30(20-66)89-55/h9,25-26,28-58,66-83H,10-24H2,1-8H3/t25-,26-,28-,29-,30+,31+,32+,33+,34+,35-,36-,37-,38-,39-,40-,41+,42-,43-,44+,45+,46+,47+,48+,49+,50+,51+,52+,53+,54-,55-,56-,57-,58-,61-,62-,63+,64+,65-/m0/s1. The molecule has 38 atom stereocenters. The molecule has 0 aromatic heterocycles. The summed E-state index contributed by atoms with van der Waals surface area (Å²) in [7, 11) is 0. The molecule has 0 radical (unpaired) electrons. The van der Waals surface area contributed by atoms with E-state index in [2.05, 4.69) is 40.7 Å². The lowest BCUT2D eigenvalue weighted by atomic mass is 9.33. The number of carbonyl (C=O) groups is 1. The van der Waals surface area contributed by atoms with Gasteiger partial charge in [0.25, 0.3) is 0 Å². The van der Waals surface area contributed by atoms with E-state index in [4.69, 9.17) is 56.8 Å². The first-order valence-electron chi connectivity index (χ1n) is 34.1. The molecule has 0 aromatic rings. The van der Waals surface area contributed by atoms with E-state index in [1.165, 1.54) is 13.8 Å². The van der Waals surface area contributed by atoms with Gasteiger partial charge < -0.3 is 149 Å². The van der Waals surface area contributed by atoms with E-state index >= 15 is 4.79 Å². The summed E-state index contributed by atoms with van der Waals surface area (Å²) in [6.07, 6.45) is -40.3. The van der Waals surface area contributed by atoms with Crippen molar-refractivity contribution in [2.45, 2.75) is 304 Å². The number of carbonyl (C=O) groups excluding carboxylic acids is 1. The number of hydrogen-bond acceptors (Lipinski definition) is 31. The lowest BCUT2D eigenvalue weighted by Gasteiger charge is -2.71. The molecule has 5 aliphatic carbocycles. The minimum atomic E-state index is -1.92. The van der Waals surface area contributed by atoms with E-state index in [9.17, 15) is 91.9 Å². The lowest BCUT2D eigenvalue weighted by Crippen LogP contribution is -2.67. The molecule has 18 N–H and O–H groups in total. The van der Waals surface area contributed by atoms with E-state index in [0.717, 1.165) is 12.0 Å². The van der Waals surface area contributed by atoms with Gasteiger partial charge in [-0.2, -0.15) is 0 Å². The normalized spacial score (nSPS) is 55.1. The molecule has 0 bridgehead atoms. The van der Waals surface area contributed by atoms with Crippen molar-refractivity contribution < 1.29 is 154 Å². The summed E-state index contributed by atoms with van der Waals surface area (Å²) in [6.45, 7) is 13.2. The first-order chi connectivity index (χ1) is 45.1. The van der Waals surface area contributed by atoms with Crippen molar-refractivity contribution in [2.75, 3.05) is 33.0 Å². The number of ether oxygens (including phenoxy) is 12. The highest BCUT2D eigenvalue weighted by Gasteiger charge is 2.71. The second kappa shape index (κ2) is 28.3. The third-order valence-corrected chi connectivity index (χ3v) is 25.3. The molecular formula is C65H106O31. The molecule has 552 valence electrons. The average Bonchev–Trinajstić information content (AvgIpc) is 0.675. The van der Waals surface area contributed by atoms with Crippen molar-refractivity contribution >= 4 is 5.97 Å². The predicted octanol–water partition coefficient (Wildman–Crippen LogP) is -4.72. The van der Waals surface area contributed by atoms with Crippen molar-refractivity contribution in [3.63, 3.8) is 0 Å². The maximum Gasteiger partial charge on any atom is 0.315 e. The number of aliphatic hydroxyl groups is 18. The Morgan fingerprint density at radius 1 is 0.500 bits per heavy atom. The fourth-order valence-electron chi connectivity index (χ4n) is 19.0. The van der Waals surface area contributed by atoms with Crippen LogP contribution < -0.4 is 0 Å². The van der Waals surface area contributed by atoms with E-state index in [-0.39, 0.29) is 41.8 Å². The number of fused-ring (bicyclic) bond motifs is 7. The molecule has 0 unspecified atom stereocenters. The van der Waals surface area contributed by atoms with Gasteiger partial charge >= 0.3 is 5.97 Å². The average molecular weight is 1380 g/mol. The third kappa shape index (κ3) is 12.8. The van der Waals surface area contributed by atoms with E-state index in [1.54, 1.807) is 0 Å². The topological polar surface area (TPSA) is 492 Å². The summed E-state index contributed by atoms with van der Waals surface area (Å²) >= 11 is 0. The van der Waals surface area contributed by atoms with Gasteiger partial charge in [-0.1, -0.05) is 53.2 Å². The largest absolute Gasteiger partial charge is 0.432 e. The first kappa shape index (κ1) is 75.2. The van der Waals surface area contributed by atoms with Crippen molar-refractivity contribution in [3.05, 3.63) is 11.6 Å². The zero-order chi connectivity index (χ0) is 70.0. The van der Waals surface area contributed by atoms with Crippen LogP contribution in [0.3, 0.4) is 0 Å². The summed E-state index contributed by atoms with van der Waals surface area (Å²) in [5.41, 5.74) is -2.31. The fourth-order valence-corrected chi connectivity index (χ4v) is 19.0. The summed E-state index contributed by atoms with van der Waals surface area (Å²) in [5.74, 6) is -1.06. The molecule has 6 aliphatic heterocycles. The molecule has 4 saturated carbocycles. The van der Waals surface area contributed by atoms with Crippen LogP contribution in [0.4, 0.5) is 0 Å². The molecule has 0 spiro atoms. The van der Waals surface area contributed by atoms with Crippen LogP contribution in [0.25, 0.3) is 0 Å². The van der Waals surface area contributed by atoms with Crippen molar-refractivity contribution in [1.29, 1.82) is 0 Å². The number of allylic oxidation sites excluding steroid dienone is 2. The Morgan fingerprint density at radius 2 is 1.05 bits per heavy atom. The minimum absolute atomic E-state index is 0.0604. The quantitative estimate of drug-likeness (QED) is 0.0392. The van der Waals surface area contributed by atoms with Gasteiger partial charge in [0.2, 0.25) is 6.29 Å². The highest BCUT2D eigenvalue weighted by molar-refractivity contribution is 5.79. The van der Waals surface area contributed by atoms with Gasteiger partial charge in [-0.05, 0) is 117 Å². The lowest BCUT2D eigenvalue weighted by molar-refractivity contribution is -0.383. The summed E-state index contributed by atoms with van der Waals surface area (Å²) in [4.78, 5) is 15.3. The fraction of sp³-hybridized carbons (Fsp3) is 0.954. The highest BCUT2D eigenvalue weighted by atomic mass is 16.8. The molecule has 0 aromatic carbocycles. The monoisotopic (exact) mass is 1380 g/mol. The maximum atomic E-state index is 15.3. The van der Waals surface area contributed by atoms with Gasteiger partial charge in [-0.3, -0.25) is 4.79 Å². The molecule has 11 aliphatic rings. The van der Waals surface area contributed by atoms with Crippen LogP contribution in [-0.2, 0) is 61.6 Å². The highest BCUT2D eigenvalue weighted by Crippen LogP contribution is 2.76. The van der Waals surface area contributed by atoms with Gasteiger partial charge in [-0.15, -0.1) is 0 Å². The molecule has 11 rings (SSSR count). The van der Waals surface area contributed by atoms with E-state index < -0.39 is 232 Å². The van der Waals surface area contributed by atoms with Crippen LogP contribution in [0.15, 0.2) is 11.6 Å². The van der Waals surface area contributed by atoms with Crippen LogP contribution >= 0.6 is 0 Å². The SMILES string of the molecule is C[C@@H]1O[C@@H](O[C@H]2[C@H](O)[C@@H](O)[C@H](OC[C@H]3O[C@@H](OC(=O)[C@]45CCC(C)(C)C[C@H]4C4=CC[C@@H]6[C@@]7(C)CC[C@H](O[C@@H]8OC[C@H](O)[C@H](O)[C@H]8O[C@@H]8O[C@@H](C)[C@H](O)[C@@H](O[C@@H]9O[C@H](CO)[C@H](O)[C@H](O)[C@H]9O)[C@H]8O)[C@@](C)(CO)[C@@H]7CC[C@@]6(C)[C@]4(C)CC5)[C@H](O)[C@@H](O)[C@H]3O)O[C@@H]2CO)[C@H](O)[C@H](O)[C@H]1O. The molecule has 31 heteroatoms. The first-order valence-corrected chi connectivity index (χ1v) is 34.1. The summed E-state index contributed by atoms with van der Waals surface area (Å²) in [6, 6.07) is 0. The maximum absolute atomic E-state index is 15.3. The van der Waals surface area contributed by atoms with Gasteiger partial charge in [0.1, 0.15) is 128 Å². The molecule has 96 heavy (non-hydrogen) atoms. The Bertz CT molecular complexity index is 2690. The molecule has 10 fully saturated rings. The van der Waals surface area contributed by atoms with Crippen LogP contribution in [0.1, 0.15) is 120 Å². The number of esters is 1. The number of rotatable bonds is 16. The summed E-state index contributed by atoms with van der Waals surface area (Å²) in [5, 5.41) is 196. The molecule has 0 amide bonds. The van der Waals surface area contributed by atoms with Crippen LogP contribution in [0, 0.1) is 50.2 Å². The molecule has 31 nitrogen and oxygen atoms in total. The smallest absolute Gasteiger partial charge is 0.315 e. The number of aliphatic hydroxyl groups excluding tert-OH is 18. The Hall–Kier alpha value is -1.95. The molecular weight excluding hydrogens is 1280 g/mol. The van der Waals surface area contributed by atoms with Crippen molar-refractivity contribution in [3.8, 4) is 0 Å². The van der Waals surface area contributed by atoms with Gasteiger partial charge in [-0.25, -0.2) is 0 Å². The van der Waals surface area contributed by atoms with Crippen LogP contribution in [0.5, 0.6) is 0 Å². The Balaban J connectivity index is 0.770. The summed E-state index contributed by atoms with van der Waals surface area (Å²) < 4.78 is 71.4. The Morgan fingerprint density at radius 3 is 1.71 bits per heavy atom. The third-order valence-electron chi connectivity index (χ3n) is 25.3. The number of hydrogen-bond donors (Lipinski definition) is 18. The minimum Gasteiger partial charge on any atom is -0.432 e. The van der Waals surface area contributed by atoms with Crippen molar-refractivity contribution in [2.24, 2.45) is 50.2 Å². The van der Waals surface area contributed by atoms with E-state index in [0.29, 0.717) is 57.8 Å². The van der Waals surface area contributed by atoms with E-state index in [1.807, 2.05) is 6.92 Å². The second-order valence-corrected chi connectivity index (χ2v) is 31.3.